The molecule has 1 saturated heterocycles. The van der Waals surface area contributed by atoms with Crippen molar-refractivity contribution in [2.45, 2.75) is 18.8 Å². The Morgan fingerprint density at radius 1 is 1.14 bits per heavy atom. The van der Waals surface area contributed by atoms with Gasteiger partial charge in [0.05, 0.1) is 6.61 Å². The predicted octanol–water partition coefficient (Wildman–Crippen LogP) is 1.58. The van der Waals surface area contributed by atoms with Crippen LogP contribution in [0, 0.1) is 0 Å². The van der Waals surface area contributed by atoms with Crippen LogP contribution in [0.2, 0.25) is 0 Å². The van der Waals surface area contributed by atoms with Crippen molar-refractivity contribution in [1.82, 2.24) is 4.98 Å². The number of ether oxygens (including phenoxy) is 2. The Morgan fingerprint density at radius 2 is 1.76 bits per heavy atom. The van der Waals surface area contributed by atoms with Gasteiger partial charge < -0.3 is 19.5 Å². The van der Waals surface area contributed by atoms with E-state index in [1.165, 1.54) is 0 Å². The summed E-state index contributed by atoms with van der Waals surface area (Å²) in [5.41, 5.74) is 0.847. The van der Waals surface area contributed by atoms with Crippen LogP contribution in [0.1, 0.15) is 5.56 Å². The summed E-state index contributed by atoms with van der Waals surface area (Å²) in [6, 6.07) is 8.03. The number of aromatic nitrogens is 1. The van der Waals surface area contributed by atoms with Gasteiger partial charge in [-0.05, 0) is 5.39 Å². The molecule has 0 radical (unpaired) electrons. The SMILES string of the molecule is COC1CN(c2ncc(CO)c3ccccc23)CC1OC. The smallest absolute Gasteiger partial charge is 0.136 e. The molecule has 0 saturated carbocycles. The predicted molar refractivity (Wildman–Crippen MR) is 81.5 cm³/mol. The average molecular weight is 288 g/mol. The average Bonchev–Trinajstić information content (AvgIpc) is 2.97. The summed E-state index contributed by atoms with van der Waals surface area (Å²) in [5, 5.41) is 11.6. The number of aliphatic hydroxyl groups excluding tert-OH is 1. The Kier molecular flexibility index (Phi) is 4.05. The second-order valence-electron chi connectivity index (χ2n) is 5.26. The van der Waals surface area contributed by atoms with Gasteiger partial charge >= 0.3 is 0 Å². The van der Waals surface area contributed by atoms with Crippen molar-refractivity contribution in [2.24, 2.45) is 0 Å². The second-order valence-corrected chi connectivity index (χ2v) is 5.26. The Labute approximate surface area is 124 Å². The standard InChI is InChI=1S/C16H20N2O3/c1-20-14-8-18(9-15(14)21-2)16-13-6-4-3-5-12(13)11(10-19)7-17-16/h3-7,14-15,19H,8-10H2,1-2H3. The molecule has 1 aliphatic rings. The minimum Gasteiger partial charge on any atom is -0.392 e. The Hall–Kier alpha value is -1.69. The van der Waals surface area contributed by atoms with E-state index in [0.29, 0.717) is 0 Å². The molecule has 1 aliphatic heterocycles. The molecule has 2 atom stereocenters. The summed E-state index contributed by atoms with van der Waals surface area (Å²) < 4.78 is 11.0. The molecule has 1 fully saturated rings. The molecule has 1 aromatic carbocycles. The number of aliphatic hydroxyl groups is 1. The third-order valence-corrected chi connectivity index (χ3v) is 4.15. The highest BCUT2D eigenvalue weighted by molar-refractivity contribution is 5.94. The van der Waals surface area contributed by atoms with E-state index in [9.17, 15) is 5.11 Å². The lowest BCUT2D eigenvalue weighted by Crippen LogP contribution is -2.27. The van der Waals surface area contributed by atoms with E-state index in [1.54, 1.807) is 20.4 Å². The number of fused-ring (bicyclic) bond motifs is 1. The van der Waals surface area contributed by atoms with Crippen LogP contribution in [-0.4, -0.2) is 49.6 Å². The first-order chi connectivity index (χ1) is 10.3. The lowest BCUT2D eigenvalue weighted by Gasteiger charge is -2.19. The number of pyridine rings is 1. The Morgan fingerprint density at radius 3 is 2.33 bits per heavy atom. The minimum absolute atomic E-state index is 0.00478. The molecule has 21 heavy (non-hydrogen) atoms. The van der Waals surface area contributed by atoms with Gasteiger partial charge in [-0.3, -0.25) is 0 Å². The Balaban J connectivity index is 2.02. The van der Waals surface area contributed by atoms with Gasteiger partial charge in [-0.15, -0.1) is 0 Å². The van der Waals surface area contributed by atoms with Crippen LogP contribution in [0.4, 0.5) is 5.82 Å². The molecule has 2 heterocycles. The summed E-state index contributed by atoms with van der Waals surface area (Å²) in [6.07, 6.45) is 1.85. The molecular formula is C16H20N2O3. The summed E-state index contributed by atoms with van der Waals surface area (Å²) in [4.78, 5) is 6.74. The van der Waals surface area contributed by atoms with Gasteiger partial charge in [0.1, 0.15) is 18.0 Å². The Bertz CT molecular complexity index is 620. The summed E-state index contributed by atoms with van der Waals surface area (Å²) in [6.45, 7) is 1.50. The van der Waals surface area contributed by atoms with Gasteiger partial charge in [-0.2, -0.15) is 0 Å². The second kappa shape index (κ2) is 5.97. The van der Waals surface area contributed by atoms with E-state index < -0.39 is 0 Å². The fraction of sp³-hybridized carbons (Fsp3) is 0.438. The van der Waals surface area contributed by atoms with Crippen LogP contribution in [0.25, 0.3) is 10.8 Å². The van der Waals surface area contributed by atoms with Crippen LogP contribution < -0.4 is 4.90 Å². The molecule has 3 rings (SSSR count). The van der Waals surface area contributed by atoms with Crippen LogP contribution >= 0.6 is 0 Å². The molecule has 1 aromatic heterocycles. The molecule has 1 N–H and O–H groups in total. The fourth-order valence-electron chi connectivity index (χ4n) is 2.98. The molecule has 0 spiro atoms. The van der Waals surface area contributed by atoms with Gasteiger partial charge in [0.25, 0.3) is 0 Å². The highest BCUT2D eigenvalue weighted by Crippen LogP contribution is 2.30. The largest absolute Gasteiger partial charge is 0.392 e. The number of methoxy groups -OCH3 is 2. The van der Waals surface area contributed by atoms with E-state index in [-0.39, 0.29) is 18.8 Å². The summed E-state index contributed by atoms with van der Waals surface area (Å²) in [5.74, 6) is 0.921. The first-order valence-electron chi connectivity index (χ1n) is 7.06. The molecule has 0 amide bonds. The van der Waals surface area contributed by atoms with Crippen molar-refractivity contribution in [2.75, 3.05) is 32.2 Å². The normalized spacial score (nSPS) is 22.1. The lowest BCUT2D eigenvalue weighted by atomic mass is 10.1. The monoisotopic (exact) mass is 288 g/mol. The third-order valence-electron chi connectivity index (χ3n) is 4.15. The van der Waals surface area contributed by atoms with Crippen LogP contribution in [0.5, 0.6) is 0 Å². The quantitative estimate of drug-likeness (QED) is 0.925. The summed E-state index contributed by atoms with van der Waals surface area (Å²) in [7, 11) is 3.42. The molecule has 2 unspecified atom stereocenters. The highest BCUT2D eigenvalue weighted by Gasteiger charge is 2.34. The maximum absolute atomic E-state index is 9.46. The van der Waals surface area contributed by atoms with Gasteiger partial charge in [0.15, 0.2) is 0 Å². The van der Waals surface area contributed by atoms with Crippen molar-refractivity contribution < 1.29 is 14.6 Å². The maximum Gasteiger partial charge on any atom is 0.136 e. The molecule has 112 valence electrons. The van der Waals surface area contributed by atoms with Crippen LogP contribution in [-0.2, 0) is 16.1 Å². The zero-order chi connectivity index (χ0) is 14.8. The lowest BCUT2D eigenvalue weighted by molar-refractivity contribution is -0.00461. The van der Waals surface area contributed by atoms with Gasteiger partial charge in [0, 0.05) is 44.5 Å². The third kappa shape index (κ3) is 2.48. The van der Waals surface area contributed by atoms with Crippen molar-refractivity contribution >= 4 is 16.6 Å². The van der Waals surface area contributed by atoms with Crippen LogP contribution in [0.3, 0.4) is 0 Å². The number of anilines is 1. The number of benzene rings is 1. The van der Waals surface area contributed by atoms with Gasteiger partial charge in [-0.25, -0.2) is 4.98 Å². The number of hydrogen-bond donors (Lipinski definition) is 1. The first-order valence-corrected chi connectivity index (χ1v) is 7.06. The fourth-order valence-corrected chi connectivity index (χ4v) is 2.98. The van der Waals surface area contributed by atoms with Crippen molar-refractivity contribution in [3.63, 3.8) is 0 Å². The number of nitrogens with zero attached hydrogens (tertiary/aromatic N) is 2. The van der Waals surface area contributed by atoms with E-state index in [1.807, 2.05) is 24.3 Å². The highest BCUT2D eigenvalue weighted by atomic mass is 16.5. The zero-order valence-corrected chi connectivity index (χ0v) is 12.3. The maximum atomic E-state index is 9.46. The van der Waals surface area contributed by atoms with Crippen molar-refractivity contribution in [3.8, 4) is 0 Å². The minimum atomic E-state index is -0.00478. The number of hydrogen-bond acceptors (Lipinski definition) is 5. The van der Waals surface area contributed by atoms with E-state index >= 15 is 0 Å². The zero-order valence-electron chi connectivity index (χ0n) is 12.3. The summed E-state index contributed by atoms with van der Waals surface area (Å²) >= 11 is 0. The molecule has 0 aliphatic carbocycles. The van der Waals surface area contributed by atoms with Gasteiger partial charge in [0.2, 0.25) is 0 Å². The number of rotatable bonds is 4. The molecular weight excluding hydrogens is 268 g/mol. The first kappa shape index (κ1) is 14.3. The van der Waals surface area contributed by atoms with E-state index in [4.69, 9.17) is 9.47 Å². The van der Waals surface area contributed by atoms with Crippen LogP contribution in [0.15, 0.2) is 30.5 Å². The molecule has 0 bridgehead atoms. The van der Waals surface area contributed by atoms with E-state index in [0.717, 1.165) is 35.2 Å². The molecule has 5 nitrogen and oxygen atoms in total. The molecule has 5 heteroatoms. The van der Waals surface area contributed by atoms with E-state index in [2.05, 4.69) is 9.88 Å². The van der Waals surface area contributed by atoms with Crippen molar-refractivity contribution in [3.05, 3.63) is 36.0 Å². The molecule has 2 aromatic rings. The van der Waals surface area contributed by atoms with Gasteiger partial charge in [-0.1, -0.05) is 24.3 Å². The topological polar surface area (TPSA) is 54.8 Å². The van der Waals surface area contributed by atoms with Crippen molar-refractivity contribution in [1.29, 1.82) is 0 Å².